The van der Waals surface area contributed by atoms with Gasteiger partial charge in [0.2, 0.25) is 0 Å². The van der Waals surface area contributed by atoms with Crippen LogP contribution >= 0.6 is 0 Å². The van der Waals surface area contributed by atoms with Crippen molar-refractivity contribution in [3.8, 4) is 11.3 Å². The summed E-state index contributed by atoms with van der Waals surface area (Å²) in [5, 5.41) is 6.17. The molecule has 1 saturated heterocycles. The van der Waals surface area contributed by atoms with Gasteiger partial charge in [-0.15, -0.1) is 4.48 Å². The highest BCUT2D eigenvalue weighted by Gasteiger charge is 2.60. The number of hydrogen-bond donors (Lipinski definition) is 2. The van der Waals surface area contributed by atoms with Gasteiger partial charge in [-0.05, 0) is 25.9 Å². The van der Waals surface area contributed by atoms with E-state index in [-0.39, 0.29) is 21.8 Å². The average Bonchev–Trinajstić information content (AvgIpc) is 3.37. The number of piperidine rings is 1. The molecule has 7 heteroatoms. The first kappa shape index (κ1) is 19.7. The maximum Gasteiger partial charge on any atom is 0.437 e. The quantitative estimate of drug-likeness (QED) is 0.614. The molecule has 0 aliphatic carbocycles. The van der Waals surface area contributed by atoms with Crippen molar-refractivity contribution in [2.75, 3.05) is 25.0 Å². The molecule has 1 unspecified atom stereocenters. The van der Waals surface area contributed by atoms with E-state index < -0.39 is 6.03 Å². The number of para-hydroxylation sites is 1. The minimum atomic E-state index is -0.434. The summed E-state index contributed by atoms with van der Waals surface area (Å²) in [6.07, 6.45) is 3.29. The van der Waals surface area contributed by atoms with E-state index in [0.717, 1.165) is 42.7 Å². The number of nitrogens with one attached hydrogen (secondary N) is 2. The Bertz CT molecular complexity index is 1130. The standard InChI is InChI=1S/C24H24N4O3/c1-17(29)28(16-24(11-13-25-14-12-24)19-9-5-6-10-21(19)28)23(30)27-22-26-20(15-31-22)18-7-3-2-4-8-18/h2-10,15,25H,11-14,16H2,1H3/p+1. The van der Waals surface area contributed by atoms with Crippen LogP contribution in [0.4, 0.5) is 16.5 Å². The number of fused-ring (bicyclic) bond motifs is 2. The number of nitrogens with zero attached hydrogens (tertiary/aromatic N) is 2. The molecule has 158 valence electrons. The van der Waals surface area contributed by atoms with Gasteiger partial charge in [0.15, 0.2) is 5.69 Å². The Morgan fingerprint density at radius 3 is 2.52 bits per heavy atom. The maximum atomic E-state index is 13.6. The predicted octanol–water partition coefficient (Wildman–Crippen LogP) is 4.06. The van der Waals surface area contributed by atoms with E-state index in [2.05, 4.69) is 21.7 Å². The van der Waals surface area contributed by atoms with Gasteiger partial charge in [0, 0.05) is 17.2 Å². The summed E-state index contributed by atoms with van der Waals surface area (Å²) in [4.78, 5) is 31.1. The first-order valence-electron chi connectivity index (χ1n) is 10.6. The molecule has 1 fully saturated rings. The predicted molar refractivity (Wildman–Crippen MR) is 119 cm³/mol. The highest BCUT2D eigenvalue weighted by atomic mass is 16.4. The van der Waals surface area contributed by atoms with E-state index in [0.29, 0.717) is 12.2 Å². The Balaban J connectivity index is 1.51. The minimum Gasteiger partial charge on any atom is -0.431 e. The summed E-state index contributed by atoms with van der Waals surface area (Å²) >= 11 is 0. The number of amides is 3. The maximum absolute atomic E-state index is 13.6. The number of carbonyl (C=O) groups is 2. The van der Waals surface area contributed by atoms with Crippen LogP contribution in [-0.4, -0.2) is 36.6 Å². The Morgan fingerprint density at radius 1 is 1.06 bits per heavy atom. The third-order valence-electron chi connectivity index (χ3n) is 6.66. The molecule has 1 spiro atoms. The van der Waals surface area contributed by atoms with Crippen molar-refractivity contribution < 1.29 is 14.0 Å². The lowest BCUT2D eigenvalue weighted by atomic mass is 9.75. The SMILES string of the molecule is CC(=O)[N+]1(C(=O)Nc2nc(-c3ccccc3)co2)CC2(CCNCC2)c2ccccc21. The molecule has 2 aliphatic rings. The number of imide groups is 1. The third-order valence-corrected chi connectivity index (χ3v) is 6.66. The summed E-state index contributed by atoms with van der Waals surface area (Å²) in [5.74, 6) is -0.213. The highest BCUT2D eigenvalue weighted by Crippen LogP contribution is 2.50. The highest BCUT2D eigenvalue weighted by molar-refractivity contribution is 6.13. The van der Waals surface area contributed by atoms with Gasteiger partial charge in [-0.2, -0.15) is 4.98 Å². The van der Waals surface area contributed by atoms with Gasteiger partial charge in [0.1, 0.15) is 18.5 Å². The van der Waals surface area contributed by atoms with Crippen LogP contribution in [0.1, 0.15) is 25.3 Å². The zero-order valence-corrected chi connectivity index (χ0v) is 17.4. The van der Waals surface area contributed by atoms with Crippen molar-refractivity contribution in [2.24, 2.45) is 0 Å². The van der Waals surface area contributed by atoms with Gasteiger partial charge in [-0.3, -0.25) is 0 Å². The second kappa shape index (κ2) is 7.44. The first-order chi connectivity index (χ1) is 15.1. The first-order valence-corrected chi connectivity index (χ1v) is 10.6. The molecule has 2 aliphatic heterocycles. The Morgan fingerprint density at radius 2 is 1.77 bits per heavy atom. The van der Waals surface area contributed by atoms with Gasteiger partial charge in [-0.25, -0.2) is 14.9 Å². The van der Waals surface area contributed by atoms with E-state index in [1.807, 2.05) is 48.5 Å². The smallest absolute Gasteiger partial charge is 0.431 e. The second-order valence-electron chi connectivity index (χ2n) is 8.37. The van der Waals surface area contributed by atoms with Crippen molar-refractivity contribution in [2.45, 2.75) is 25.2 Å². The normalized spacial score (nSPS) is 21.6. The van der Waals surface area contributed by atoms with Gasteiger partial charge in [0.05, 0.1) is 12.3 Å². The summed E-state index contributed by atoms with van der Waals surface area (Å²) in [6.45, 7) is 3.64. The zero-order valence-electron chi connectivity index (χ0n) is 17.4. The Labute approximate surface area is 180 Å². The molecule has 0 bridgehead atoms. The van der Waals surface area contributed by atoms with Gasteiger partial charge in [0.25, 0.3) is 0 Å². The van der Waals surface area contributed by atoms with Crippen molar-refractivity contribution in [3.05, 3.63) is 66.4 Å². The van der Waals surface area contributed by atoms with E-state index in [4.69, 9.17) is 4.42 Å². The molecule has 1 atom stereocenters. The van der Waals surface area contributed by atoms with Gasteiger partial charge >= 0.3 is 18.0 Å². The van der Waals surface area contributed by atoms with Crippen molar-refractivity contribution >= 4 is 23.6 Å². The number of quaternary nitrogens is 1. The topological polar surface area (TPSA) is 84.2 Å². The molecule has 2 N–H and O–H groups in total. The average molecular weight is 417 g/mol. The van der Waals surface area contributed by atoms with Crippen LogP contribution in [0.2, 0.25) is 0 Å². The fourth-order valence-corrected chi connectivity index (χ4v) is 5.08. The van der Waals surface area contributed by atoms with Crippen LogP contribution in [0.5, 0.6) is 0 Å². The lowest BCUT2D eigenvalue weighted by Gasteiger charge is -2.34. The molecular weight excluding hydrogens is 392 g/mol. The fraction of sp³-hybridized carbons (Fsp3) is 0.292. The number of benzene rings is 2. The lowest BCUT2D eigenvalue weighted by molar-refractivity contribution is -0.125. The van der Waals surface area contributed by atoms with Crippen LogP contribution in [0.25, 0.3) is 11.3 Å². The summed E-state index contributed by atoms with van der Waals surface area (Å²) in [6, 6.07) is 17.1. The Kier molecular flexibility index (Phi) is 4.72. The van der Waals surface area contributed by atoms with Crippen LogP contribution in [-0.2, 0) is 10.2 Å². The van der Waals surface area contributed by atoms with Crippen molar-refractivity contribution in [1.29, 1.82) is 0 Å². The molecule has 0 saturated carbocycles. The molecule has 3 amide bonds. The molecular formula is C24H25N4O3+. The van der Waals surface area contributed by atoms with E-state index >= 15 is 0 Å². The largest absolute Gasteiger partial charge is 0.437 e. The summed E-state index contributed by atoms with van der Waals surface area (Å²) in [7, 11) is 0. The van der Waals surface area contributed by atoms with Crippen LogP contribution in [0, 0.1) is 0 Å². The van der Waals surface area contributed by atoms with Crippen molar-refractivity contribution in [3.63, 3.8) is 0 Å². The monoisotopic (exact) mass is 417 g/mol. The lowest BCUT2D eigenvalue weighted by Crippen LogP contribution is -2.61. The number of aromatic nitrogens is 1. The van der Waals surface area contributed by atoms with E-state index in [9.17, 15) is 9.59 Å². The van der Waals surface area contributed by atoms with Crippen LogP contribution in [0.3, 0.4) is 0 Å². The molecule has 2 aromatic carbocycles. The molecule has 5 rings (SSSR count). The number of carbonyl (C=O) groups excluding carboxylic acids is 2. The molecule has 3 heterocycles. The second-order valence-corrected chi connectivity index (χ2v) is 8.37. The zero-order chi connectivity index (χ0) is 21.5. The molecule has 0 radical (unpaired) electrons. The number of rotatable bonds is 2. The summed E-state index contributed by atoms with van der Waals surface area (Å²) in [5.41, 5.74) is 3.17. The molecule has 1 aromatic heterocycles. The van der Waals surface area contributed by atoms with Crippen molar-refractivity contribution in [1.82, 2.24) is 14.8 Å². The Hall–Kier alpha value is -3.29. The number of urea groups is 1. The van der Waals surface area contributed by atoms with Gasteiger partial charge < -0.3 is 9.73 Å². The van der Waals surface area contributed by atoms with Crippen LogP contribution < -0.4 is 15.1 Å². The molecule has 3 aromatic rings. The molecule has 7 nitrogen and oxygen atoms in total. The number of anilines is 1. The van der Waals surface area contributed by atoms with E-state index in [1.54, 1.807) is 0 Å². The van der Waals surface area contributed by atoms with Gasteiger partial charge in [-0.1, -0.05) is 48.5 Å². The number of oxazole rings is 1. The molecule has 31 heavy (non-hydrogen) atoms. The minimum absolute atomic E-state index is 0.0892. The number of hydrogen-bond acceptors (Lipinski definition) is 5. The fourth-order valence-electron chi connectivity index (χ4n) is 5.08. The summed E-state index contributed by atoms with van der Waals surface area (Å²) < 4.78 is 5.15. The third kappa shape index (κ3) is 3.08. The van der Waals surface area contributed by atoms with E-state index in [1.165, 1.54) is 13.2 Å². The van der Waals surface area contributed by atoms with Crippen LogP contribution in [0.15, 0.2) is 65.3 Å².